The third-order valence-electron chi connectivity index (χ3n) is 3.42. The lowest BCUT2D eigenvalue weighted by atomic mass is 9.84. The first-order chi connectivity index (χ1) is 8.49. The minimum absolute atomic E-state index is 0.0322. The highest BCUT2D eigenvalue weighted by molar-refractivity contribution is 7.89. The molecule has 1 aromatic heterocycles. The van der Waals surface area contributed by atoms with Gasteiger partial charge in [-0.3, -0.25) is 4.98 Å². The molecule has 6 heteroatoms. The van der Waals surface area contributed by atoms with Crippen molar-refractivity contribution < 1.29 is 13.5 Å². The number of aliphatic hydroxyl groups excluding tert-OH is 1. The van der Waals surface area contributed by atoms with Crippen LogP contribution in [0.3, 0.4) is 0 Å². The number of pyridine rings is 1. The van der Waals surface area contributed by atoms with Crippen molar-refractivity contribution in [2.45, 2.75) is 31.6 Å². The van der Waals surface area contributed by atoms with Crippen LogP contribution in [0.5, 0.6) is 0 Å². The molecule has 18 heavy (non-hydrogen) atoms. The van der Waals surface area contributed by atoms with Crippen LogP contribution >= 0.6 is 0 Å². The van der Waals surface area contributed by atoms with Crippen molar-refractivity contribution in [2.24, 2.45) is 5.41 Å². The fourth-order valence-corrected chi connectivity index (χ4v) is 2.74. The molecule has 0 bridgehead atoms. The van der Waals surface area contributed by atoms with Crippen molar-refractivity contribution in [1.82, 2.24) is 9.71 Å². The molecule has 0 aliphatic carbocycles. The van der Waals surface area contributed by atoms with Crippen LogP contribution in [-0.2, 0) is 10.0 Å². The molecule has 0 atom stereocenters. The summed E-state index contributed by atoms with van der Waals surface area (Å²) in [5.74, 6) is 0. The standard InChI is InChI=1S/C12H20N2O3S/c1-3-12(4-2,10-15)9-14-18(16,17)11-6-5-7-13-8-11/h5-8,14-15H,3-4,9-10H2,1-2H3. The summed E-state index contributed by atoms with van der Waals surface area (Å²) in [5.41, 5.74) is -0.394. The SMILES string of the molecule is CCC(CC)(CO)CNS(=O)(=O)c1cccnc1. The van der Waals surface area contributed by atoms with Gasteiger partial charge in [0.05, 0.1) is 0 Å². The maximum absolute atomic E-state index is 12.0. The summed E-state index contributed by atoms with van der Waals surface area (Å²) in [6.07, 6.45) is 4.26. The lowest BCUT2D eigenvalue weighted by Gasteiger charge is -2.29. The highest BCUT2D eigenvalue weighted by Crippen LogP contribution is 2.25. The molecule has 0 radical (unpaired) electrons. The predicted octanol–water partition coefficient (Wildman–Crippen LogP) is 1.16. The van der Waals surface area contributed by atoms with Crippen LogP contribution in [0, 0.1) is 5.41 Å². The van der Waals surface area contributed by atoms with Gasteiger partial charge in [-0.2, -0.15) is 0 Å². The molecule has 1 rings (SSSR count). The van der Waals surface area contributed by atoms with Crippen LogP contribution in [0.4, 0.5) is 0 Å². The summed E-state index contributed by atoms with van der Waals surface area (Å²) < 4.78 is 26.5. The van der Waals surface area contributed by atoms with Gasteiger partial charge in [-0.25, -0.2) is 13.1 Å². The van der Waals surface area contributed by atoms with Gasteiger partial charge >= 0.3 is 0 Å². The third-order valence-corrected chi connectivity index (χ3v) is 4.80. The molecule has 0 saturated carbocycles. The summed E-state index contributed by atoms with van der Waals surface area (Å²) in [6.45, 7) is 4.08. The Bertz CT molecular complexity index is 447. The summed E-state index contributed by atoms with van der Waals surface area (Å²) >= 11 is 0. The Kier molecular flexibility index (Phi) is 5.25. The van der Waals surface area contributed by atoms with Crippen molar-refractivity contribution in [3.05, 3.63) is 24.5 Å². The third kappa shape index (κ3) is 3.51. The van der Waals surface area contributed by atoms with Crippen LogP contribution in [0.1, 0.15) is 26.7 Å². The van der Waals surface area contributed by atoms with Gasteiger partial charge in [-0.15, -0.1) is 0 Å². The number of aliphatic hydroxyl groups is 1. The zero-order valence-corrected chi connectivity index (χ0v) is 11.6. The van der Waals surface area contributed by atoms with E-state index < -0.39 is 15.4 Å². The van der Waals surface area contributed by atoms with Crippen LogP contribution in [0.15, 0.2) is 29.4 Å². The van der Waals surface area contributed by atoms with Gasteiger partial charge in [0.15, 0.2) is 0 Å². The van der Waals surface area contributed by atoms with Gasteiger partial charge in [0.2, 0.25) is 10.0 Å². The molecule has 2 N–H and O–H groups in total. The fraction of sp³-hybridized carbons (Fsp3) is 0.583. The topological polar surface area (TPSA) is 79.3 Å². The van der Waals surface area contributed by atoms with E-state index in [1.165, 1.54) is 18.5 Å². The first-order valence-electron chi connectivity index (χ1n) is 6.00. The minimum Gasteiger partial charge on any atom is -0.396 e. The van der Waals surface area contributed by atoms with Crippen molar-refractivity contribution >= 4 is 10.0 Å². The largest absolute Gasteiger partial charge is 0.396 e. The Morgan fingerprint density at radius 2 is 2.06 bits per heavy atom. The summed E-state index contributed by atoms with van der Waals surface area (Å²) in [6, 6.07) is 3.07. The number of hydrogen-bond acceptors (Lipinski definition) is 4. The average molecular weight is 272 g/mol. The van der Waals surface area contributed by atoms with E-state index in [9.17, 15) is 13.5 Å². The lowest BCUT2D eigenvalue weighted by Crippen LogP contribution is -2.39. The van der Waals surface area contributed by atoms with Gasteiger partial charge < -0.3 is 5.11 Å². The number of aromatic nitrogens is 1. The van der Waals surface area contributed by atoms with E-state index in [1.807, 2.05) is 13.8 Å². The first-order valence-corrected chi connectivity index (χ1v) is 7.48. The van der Waals surface area contributed by atoms with E-state index in [0.29, 0.717) is 0 Å². The maximum Gasteiger partial charge on any atom is 0.242 e. The van der Waals surface area contributed by atoms with Crippen molar-refractivity contribution in [3.8, 4) is 0 Å². The molecule has 0 unspecified atom stereocenters. The highest BCUT2D eigenvalue weighted by atomic mass is 32.2. The van der Waals surface area contributed by atoms with Crippen molar-refractivity contribution in [3.63, 3.8) is 0 Å². The number of nitrogens with zero attached hydrogens (tertiary/aromatic N) is 1. The zero-order valence-electron chi connectivity index (χ0n) is 10.8. The molecule has 0 aliphatic heterocycles. The Labute approximate surface area is 108 Å². The maximum atomic E-state index is 12.0. The molecular formula is C12H20N2O3S. The van der Waals surface area contributed by atoms with E-state index in [-0.39, 0.29) is 18.0 Å². The van der Waals surface area contributed by atoms with E-state index in [1.54, 1.807) is 6.07 Å². The second-order valence-corrected chi connectivity index (χ2v) is 6.15. The fourth-order valence-electron chi connectivity index (χ4n) is 1.62. The summed E-state index contributed by atoms with van der Waals surface area (Å²) in [5, 5.41) is 9.40. The molecule has 5 nitrogen and oxygen atoms in total. The Morgan fingerprint density at radius 1 is 1.39 bits per heavy atom. The van der Waals surface area contributed by atoms with E-state index in [4.69, 9.17) is 0 Å². The van der Waals surface area contributed by atoms with Crippen LogP contribution in [0.2, 0.25) is 0 Å². The van der Waals surface area contributed by atoms with Gasteiger partial charge in [0.25, 0.3) is 0 Å². The first kappa shape index (κ1) is 15.1. The predicted molar refractivity (Wildman–Crippen MR) is 69.5 cm³/mol. The number of sulfonamides is 1. The van der Waals surface area contributed by atoms with E-state index in [2.05, 4.69) is 9.71 Å². The molecule has 1 heterocycles. The number of rotatable bonds is 7. The molecule has 0 amide bonds. The Hall–Kier alpha value is -0.980. The molecule has 0 saturated heterocycles. The summed E-state index contributed by atoms with van der Waals surface area (Å²) in [4.78, 5) is 3.93. The van der Waals surface area contributed by atoms with Crippen LogP contribution < -0.4 is 4.72 Å². The van der Waals surface area contributed by atoms with E-state index >= 15 is 0 Å². The van der Waals surface area contributed by atoms with Gasteiger partial charge in [-0.05, 0) is 25.0 Å². The number of hydrogen-bond donors (Lipinski definition) is 2. The number of nitrogens with one attached hydrogen (secondary N) is 1. The smallest absolute Gasteiger partial charge is 0.242 e. The molecule has 102 valence electrons. The summed E-state index contributed by atoms with van der Waals surface area (Å²) in [7, 11) is -3.55. The molecule has 0 spiro atoms. The van der Waals surface area contributed by atoms with Crippen LogP contribution in [0.25, 0.3) is 0 Å². The minimum atomic E-state index is -3.55. The molecule has 0 aromatic carbocycles. The zero-order chi connectivity index (χ0) is 13.6. The Morgan fingerprint density at radius 3 is 2.50 bits per heavy atom. The van der Waals surface area contributed by atoms with E-state index in [0.717, 1.165) is 12.8 Å². The monoisotopic (exact) mass is 272 g/mol. The second kappa shape index (κ2) is 6.26. The lowest BCUT2D eigenvalue weighted by molar-refractivity contribution is 0.119. The van der Waals surface area contributed by atoms with Crippen molar-refractivity contribution in [2.75, 3.05) is 13.2 Å². The van der Waals surface area contributed by atoms with Gasteiger partial charge in [0.1, 0.15) is 4.90 Å². The average Bonchev–Trinajstić information content (AvgIpc) is 2.42. The molecule has 0 fully saturated rings. The Balaban J connectivity index is 2.79. The van der Waals surface area contributed by atoms with Crippen LogP contribution in [-0.4, -0.2) is 31.7 Å². The molecule has 1 aromatic rings. The van der Waals surface area contributed by atoms with Gasteiger partial charge in [0, 0.05) is 31.0 Å². The quantitative estimate of drug-likeness (QED) is 0.780. The van der Waals surface area contributed by atoms with Crippen molar-refractivity contribution in [1.29, 1.82) is 0 Å². The molecular weight excluding hydrogens is 252 g/mol. The molecule has 0 aliphatic rings. The highest BCUT2D eigenvalue weighted by Gasteiger charge is 2.27. The normalized spacial score (nSPS) is 12.6. The van der Waals surface area contributed by atoms with Gasteiger partial charge in [-0.1, -0.05) is 13.8 Å². The second-order valence-electron chi connectivity index (χ2n) is 4.38.